The smallest absolute Gasteiger partial charge is 0.191 e. The second kappa shape index (κ2) is 10.3. The minimum atomic E-state index is -0.805. The number of hydrogen-bond acceptors (Lipinski definition) is 4. The number of β-amino-alcohol motifs (C(OH)–C–C–N with tert-alkyl or cyclic N) is 1. The normalized spacial score (nSPS) is 19.8. The summed E-state index contributed by atoms with van der Waals surface area (Å²) in [5.41, 5.74) is -0.631. The Morgan fingerprint density at radius 1 is 1.20 bits per heavy atom. The van der Waals surface area contributed by atoms with E-state index in [1.807, 2.05) is 6.92 Å². The Bertz CT molecular complexity index is 402. The van der Waals surface area contributed by atoms with Crippen LogP contribution in [0.4, 0.5) is 0 Å². The lowest BCUT2D eigenvalue weighted by atomic mass is 9.84. The van der Waals surface area contributed by atoms with Crippen LogP contribution in [-0.4, -0.2) is 74.0 Å². The first-order chi connectivity index (χ1) is 11.6. The molecule has 148 valence electrons. The molecule has 1 unspecified atom stereocenters. The molecular formula is C19H40N4O2. The summed E-state index contributed by atoms with van der Waals surface area (Å²) in [6.07, 6.45) is 1.14. The van der Waals surface area contributed by atoms with Gasteiger partial charge in [0.25, 0.3) is 0 Å². The van der Waals surface area contributed by atoms with E-state index in [1.165, 1.54) is 0 Å². The van der Waals surface area contributed by atoms with Crippen molar-refractivity contribution in [3.8, 4) is 0 Å². The highest BCUT2D eigenvalue weighted by Crippen LogP contribution is 2.25. The summed E-state index contributed by atoms with van der Waals surface area (Å²) in [7, 11) is 0. The van der Waals surface area contributed by atoms with Gasteiger partial charge >= 0.3 is 0 Å². The zero-order valence-corrected chi connectivity index (χ0v) is 17.2. The van der Waals surface area contributed by atoms with Crippen molar-refractivity contribution in [3.63, 3.8) is 0 Å². The van der Waals surface area contributed by atoms with E-state index >= 15 is 0 Å². The summed E-state index contributed by atoms with van der Waals surface area (Å²) >= 11 is 0. The molecule has 6 nitrogen and oxygen atoms in total. The molecule has 0 aromatic rings. The topological polar surface area (TPSA) is 69.1 Å². The van der Waals surface area contributed by atoms with Crippen LogP contribution in [0.15, 0.2) is 4.99 Å². The van der Waals surface area contributed by atoms with Gasteiger partial charge in [0.15, 0.2) is 5.96 Å². The predicted molar refractivity (Wildman–Crippen MR) is 105 cm³/mol. The Morgan fingerprint density at radius 2 is 1.84 bits per heavy atom. The van der Waals surface area contributed by atoms with Gasteiger partial charge in [-0.15, -0.1) is 0 Å². The second-order valence-electron chi connectivity index (χ2n) is 8.70. The first kappa shape index (κ1) is 22.2. The molecule has 25 heavy (non-hydrogen) atoms. The number of rotatable bonds is 9. The highest BCUT2D eigenvalue weighted by Gasteiger charge is 2.26. The van der Waals surface area contributed by atoms with Crippen molar-refractivity contribution in [1.82, 2.24) is 15.5 Å². The van der Waals surface area contributed by atoms with Crippen molar-refractivity contribution in [2.45, 2.75) is 53.6 Å². The SMILES string of the molecule is CCNC(=NCC(C)(C)CC(C)C)NCC(C)(O)CN1CCOCC1. The van der Waals surface area contributed by atoms with Crippen LogP contribution >= 0.6 is 0 Å². The number of ether oxygens (including phenoxy) is 1. The molecule has 0 aliphatic carbocycles. The van der Waals surface area contributed by atoms with E-state index in [-0.39, 0.29) is 5.41 Å². The van der Waals surface area contributed by atoms with Gasteiger partial charge in [0, 0.05) is 39.3 Å². The number of aliphatic hydroxyl groups is 1. The molecule has 3 N–H and O–H groups in total. The summed E-state index contributed by atoms with van der Waals surface area (Å²) in [6.45, 7) is 18.9. The average molecular weight is 357 g/mol. The molecule has 1 aliphatic rings. The molecule has 6 heteroatoms. The van der Waals surface area contributed by atoms with E-state index in [0.29, 0.717) is 19.0 Å². The predicted octanol–water partition coefficient (Wildman–Crippen LogP) is 1.70. The van der Waals surface area contributed by atoms with Crippen LogP contribution in [0.2, 0.25) is 0 Å². The minimum absolute atomic E-state index is 0.173. The van der Waals surface area contributed by atoms with Crippen LogP contribution in [0.25, 0.3) is 0 Å². The molecule has 1 saturated heterocycles. The van der Waals surface area contributed by atoms with Crippen molar-refractivity contribution in [1.29, 1.82) is 0 Å². The van der Waals surface area contributed by atoms with Gasteiger partial charge in [-0.3, -0.25) is 9.89 Å². The van der Waals surface area contributed by atoms with Crippen molar-refractivity contribution < 1.29 is 9.84 Å². The highest BCUT2D eigenvalue weighted by molar-refractivity contribution is 5.79. The maximum Gasteiger partial charge on any atom is 0.191 e. The van der Waals surface area contributed by atoms with Crippen molar-refractivity contribution in [2.75, 3.05) is 52.5 Å². The number of hydrogen-bond donors (Lipinski definition) is 3. The molecule has 0 aromatic carbocycles. The number of nitrogens with zero attached hydrogens (tertiary/aromatic N) is 2. The van der Waals surface area contributed by atoms with Gasteiger partial charge in [0.1, 0.15) is 0 Å². The van der Waals surface area contributed by atoms with Gasteiger partial charge in [-0.2, -0.15) is 0 Å². The van der Waals surface area contributed by atoms with Gasteiger partial charge in [-0.05, 0) is 31.6 Å². The van der Waals surface area contributed by atoms with E-state index < -0.39 is 5.60 Å². The third kappa shape index (κ3) is 10.0. The molecule has 0 spiro atoms. The maximum atomic E-state index is 10.7. The molecule has 1 fully saturated rings. The molecule has 1 atom stereocenters. The average Bonchev–Trinajstić information content (AvgIpc) is 2.49. The zero-order valence-electron chi connectivity index (χ0n) is 17.2. The fraction of sp³-hybridized carbons (Fsp3) is 0.947. The van der Waals surface area contributed by atoms with Gasteiger partial charge in [0.2, 0.25) is 0 Å². The second-order valence-corrected chi connectivity index (χ2v) is 8.70. The van der Waals surface area contributed by atoms with Crippen molar-refractivity contribution >= 4 is 5.96 Å². The number of guanidine groups is 1. The minimum Gasteiger partial charge on any atom is -0.387 e. The fourth-order valence-electron chi connectivity index (χ4n) is 3.38. The van der Waals surface area contributed by atoms with E-state index in [9.17, 15) is 5.11 Å². The third-order valence-electron chi connectivity index (χ3n) is 4.27. The van der Waals surface area contributed by atoms with Crippen molar-refractivity contribution in [2.24, 2.45) is 16.3 Å². The monoisotopic (exact) mass is 356 g/mol. The summed E-state index contributed by atoms with van der Waals surface area (Å²) in [6, 6.07) is 0. The van der Waals surface area contributed by atoms with E-state index in [2.05, 4.69) is 50.2 Å². The van der Waals surface area contributed by atoms with Gasteiger partial charge in [0.05, 0.1) is 18.8 Å². The summed E-state index contributed by atoms with van der Waals surface area (Å²) < 4.78 is 5.37. The van der Waals surface area contributed by atoms with Crippen LogP contribution in [0.3, 0.4) is 0 Å². The number of aliphatic imine (C=N–C) groups is 1. The van der Waals surface area contributed by atoms with Crippen molar-refractivity contribution in [3.05, 3.63) is 0 Å². The highest BCUT2D eigenvalue weighted by atomic mass is 16.5. The molecule has 0 amide bonds. The lowest BCUT2D eigenvalue weighted by molar-refractivity contribution is -0.0201. The van der Waals surface area contributed by atoms with Crippen LogP contribution in [0.1, 0.15) is 48.0 Å². The molecule has 0 radical (unpaired) electrons. The Balaban J connectivity index is 2.53. The Morgan fingerprint density at radius 3 is 2.40 bits per heavy atom. The largest absolute Gasteiger partial charge is 0.387 e. The summed E-state index contributed by atoms with van der Waals surface area (Å²) in [4.78, 5) is 6.99. The third-order valence-corrected chi connectivity index (χ3v) is 4.27. The first-order valence-corrected chi connectivity index (χ1v) is 9.68. The molecular weight excluding hydrogens is 316 g/mol. The summed E-state index contributed by atoms with van der Waals surface area (Å²) in [5, 5.41) is 17.3. The van der Waals surface area contributed by atoms with Crippen LogP contribution in [-0.2, 0) is 4.74 Å². The Labute approximate surface area is 154 Å². The lowest BCUT2D eigenvalue weighted by Gasteiger charge is -2.34. The Kier molecular flexibility index (Phi) is 9.17. The maximum absolute atomic E-state index is 10.7. The van der Waals surface area contributed by atoms with E-state index in [1.54, 1.807) is 0 Å². The zero-order chi connectivity index (χ0) is 18.9. The standard InChI is InChI=1S/C19H40N4O2/c1-7-20-17(21-13-18(4,5)12-16(2)3)22-14-19(6,24)15-23-8-10-25-11-9-23/h16,24H,7-15H2,1-6H3,(H2,20,21,22). The molecule has 1 heterocycles. The fourth-order valence-corrected chi connectivity index (χ4v) is 3.38. The van der Waals surface area contributed by atoms with Gasteiger partial charge in [-0.1, -0.05) is 27.7 Å². The van der Waals surface area contributed by atoms with Crippen LogP contribution in [0.5, 0.6) is 0 Å². The molecule has 1 aliphatic heterocycles. The molecule has 0 bridgehead atoms. The van der Waals surface area contributed by atoms with Gasteiger partial charge < -0.3 is 20.5 Å². The number of nitrogens with one attached hydrogen (secondary N) is 2. The van der Waals surface area contributed by atoms with Gasteiger partial charge in [-0.25, -0.2) is 0 Å². The molecule has 0 aromatic heterocycles. The lowest BCUT2D eigenvalue weighted by Crippen LogP contribution is -2.53. The number of morpholine rings is 1. The van der Waals surface area contributed by atoms with E-state index in [0.717, 1.165) is 51.8 Å². The van der Waals surface area contributed by atoms with Crippen LogP contribution < -0.4 is 10.6 Å². The molecule has 0 saturated carbocycles. The van der Waals surface area contributed by atoms with E-state index in [4.69, 9.17) is 9.73 Å². The first-order valence-electron chi connectivity index (χ1n) is 9.68. The summed E-state index contributed by atoms with van der Waals surface area (Å²) in [5.74, 6) is 1.44. The quantitative estimate of drug-likeness (QED) is 0.433. The Hall–Kier alpha value is -0.850. The van der Waals surface area contributed by atoms with Crippen LogP contribution in [0, 0.1) is 11.3 Å². The molecule has 1 rings (SSSR count).